The van der Waals surface area contributed by atoms with Gasteiger partial charge in [0.1, 0.15) is 5.75 Å². The molecule has 7 nitrogen and oxygen atoms in total. The van der Waals surface area contributed by atoms with Crippen LogP contribution in [0, 0.1) is 0 Å². The van der Waals surface area contributed by atoms with Crippen LogP contribution in [0.2, 0.25) is 0 Å². The molecule has 0 radical (unpaired) electrons. The van der Waals surface area contributed by atoms with Gasteiger partial charge < -0.3 is 14.6 Å². The van der Waals surface area contributed by atoms with Crippen molar-refractivity contribution in [3.63, 3.8) is 0 Å². The molecule has 0 spiro atoms. The van der Waals surface area contributed by atoms with Gasteiger partial charge in [-0.2, -0.15) is 0 Å². The molecule has 3 rings (SSSR count). The lowest BCUT2D eigenvalue weighted by molar-refractivity contribution is 0.0332. The van der Waals surface area contributed by atoms with Crippen molar-refractivity contribution in [3.8, 4) is 5.75 Å². The van der Waals surface area contributed by atoms with E-state index in [1.807, 2.05) is 19.9 Å². The van der Waals surface area contributed by atoms with E-state index in [0.717, 1.165) is 76.2 Å². The molecule has 0 saturated carbocycles. The second-order valence-corrected chi connectivity index (χ2v) is 13.7. The van der Waals surface area contributed by atoms with Gasteiger partial charge in [0.15, 0.2) is 0 Å². The molecular formula is C42H60O7. The third kappa shape index (κ3) is 11.5. The van der Waals surface area contributed by atoms with Gasteiger partial charge in [0.05, 0.1) is 22.3 Å². The Labute approximate surface area is 294 Å². The number of unbranched alkanes of at least 4 members (excludes halogenated alkanes) is 14. The van der Waals surface area contributed by atoms with E-state index >= 15 is 0 Å². The molecule has 1 N–H and O–H groups in total. The summed E-state index contributed by atoms with van der Waals surface area (Å²) in [6.07, 6.45) is 21.0. The normalized spacial score (nSPS) is 13.2. The van der Waals surface area contributed by atoms with Crippen molar-refractivity contribution in [2.45, 2.75) is 169 Å². The van der Waals surface area contributed by atoms with Crippen molar-refractivity contribution in [1.82, 2.24) is 0 Å². The average molecular weight is 677 g/mol. The highest BCUT2D eigenvalue weighted by atomic mass is 16.6. The molecule has 1 aliphatic rings. The Morgan fingerprint density at radius 2 is 0.878 bits per heavy atom. The lowest BCUT2D eigenvalue weighted by Gasteiger charge is -2.21. The Balaban J connectivity index is 2.02. The molecule has 0 aliphatic carbocycles. The Morgan fingerprint density at radius 1 is 0.449 bits per heavy atom. The van der Waals surface area contributed by atoms with Gasteiger partial charge in [-0.15, -0.1) is 0 Å². The summed E-state index contributed by atoms with van der Waals surface area (Å²) in [5.41, 5.74) is 2.27. The van der Waals surface area contributed by atoms with Crippen molar-refractivity contribution in [3.05, 3.63) is 62.7 Å². The van der Waals surface area contributed by atoms with Gasteiger partial charge in [0.25, 0.3) is 0 Å². The molecule has 1 aliphatic heterocycles. The van der Waals surface area contributed by atoms with Crippen LogP contribution in [0.4, 0.5) is 0 Å². The fourth-order valence-electron chi connectivity index (χ4n) is 6.95. The molecule has 0 amide bonds. The van der Waals surface area contributed by atoms with Gasteiger partial charge in [0, 0.05) is 0 Å². The van der Waals surface area contributed by atoms with Crippen LogP contribution in [0.1, 0.15) is 207 Å². The minimum Gasteiger partial charge on any atom is -0.508 e. The maximum Gasteiger partial charge on any atom is 0.347 e. The van der Waals surface area contributed by atoms with Crippen molar-refractivity contribution in [2.24, 2.45) is 0 Å². The molecule has 2 aromatic carbocycles. The molecule has 270 valence electrons. The van der Waals surface area contributed by atoms with Crippen LogP contribution in [-0.4, -0.2) is 29.0 Å². The first-order valence-corrected chi connectivity index (χ1v) is 19.3. The fraction of sp³-hybridized carbons (Fsp3) is 0.619. The lowest BCUT2D eigenvalue weighted by atomic mass is 9.88. The molecule has 7 heteroatoms. The summed E-state index contributed by atoms with van der Waals surface area (Å²) in [7, 11) is 0. The number of benzene rings is 2. The van der Waals surface area contributed by atoms with Crippen molar-refractivity contribution in [1.29, 1.82) is 0 Å². The maximum atomic E-state index is 14.0. The van der Waals surface area contributed by atoms with Crippen LogP contribution in [0.3, 0.4) is 0 Å². The van der Waals surface area contributed by atoms with Crippen LogP contribution in [0.25, 0.3) is 0 Å². The number of fused-ring (bicyclic) bond motifs is 2. The molecule has 0 aromatic heterocycles. The zero-order valence-corrected chi connectivity index (χ0v) is 30.7. The van der Waals surface area contributed by atoms with Gasteiger partial charge in [-0.1, -0.05) is 124 Å². The number of phenolic OH excluding ortho intramolecular Hbond substituents is 1. The van der Waals surface area contributed by atoms with E-state index in [1.165, 1.54) is 51.0 Å². The number of hydrogen-bond donors (Lipinski definition) is 1. The largest absolute Gasteiger partial charge is 0.508 e. The molecule has 0 fully saturated rings. The van der Waals surface area contributed by atoms with Crippen LogP contribution < -0.4 is 0 Å². The molecule has 0 unspecified atom stereocenters. The zero-order valence-electron chi connectivity index (χ0n) is 30.7. The SMILES string of the molecule is CCCCCCCCCc1ccc2c(c1CCCCCCCCC)C(=O)OC(=O)c1cc(O)c(CCCC)c(CCCC)c1C(=O)OC2=O. The predicted octanol–water partition coefficient (Wildman–Crippen LogP) is 11.0. The molecule has 0 saturated heterocycles. The van der Waals surface area contributed by atoms with E-state index in [9.17, 15) is 24.3 Å². The molecule has 0 bridgehead atoms. The quantitative estimate of drug-likeness (QED) is 0.0751. The van der Waals surface area contributed by atoms with E-state index in [4.69, 9.17) is 9.47 Å². The number of aromatic hydroxyl groups is 1. The summed E-state index contributed by atoms with van der Waals surface area (Å²) in [6, 6.07) is 4.61. The first-order valence-electron chi connectivity index (χ1n) is 19.3. The van der Waals surface area contributed by atoms with E-state index in [0.29, 0.717) is 42.4 Å². The second kappa shape index (κ2) is 21.6. The summed E-state index contributed by atoms with van der Waals surface area (Å²) in [5.74, 6) is -4.00. The smallest absolute Gasteiger partial charge is 0.347 e. The van der Waals surface area contributed by atoms with Crippen LogP contribution in [0.15, 0.2) is 18.2 Å². The van der Waals surface area contributed by atoms with Crippen LogP contribution >= 0.6 is 0 Å². The molecule has 0 atom stereocenters. The number of rotatable bonds is 22. The van der Waals surface area contributed by atoms with Gasteiger partial charge in [-0.05, 0) is 85.8 Å². The predicted molar refractivity (Wildman–Crippen MR) is 195 cm³/mol. The number of phenols is 1. The third-order valence-electron chi connectivity index (χ3n) is 9.80. The highest BCUT2D eigenvalue weighted by molar-refractivity contribution is 6.16. The summed E-state index contributed by atoms with van der Waals surface area (Å²) < 4.78 is 11.0. The van der Waals surface area contributed by atoms with Gasteiger partial charge in [-0.25, -0.2) is 19.2 Å². The number of hydrogen-bond acceptors (Lipinski definition) is 7. The van der Waals surface area contributed by atoms with E-state index < -0.39 is 23.9 Å². The minimum absolute atomic E-state index is 0.0102. The topological polar surface area (TPSA) is 107 Å². The summed E-state index contributed by atoms with van der Waals surface area (Å²) in [5, 5.41) is 11.1. The van der Waals surface area contributed by atoms with Crippen molar-refractivity contribution >= 4 is 23.9 Å². The maximum absolute atomic E-state index is 14.0. The highest BCUT2D eigenvalue weighted by Gasteiger charge is 2.35. The summed E-state index contributed by atoms with van der Waals surface area (Å²) in [4.78, 5) is 55.3. The van der Waals surface area contributed by atoms with E-state index in [2.05, 4.69) is 13.8 Å². The second-order valence-electron chi connectivity index (χ2n) is 13.7. The fourth-order valence-corrected chi connectivity index (χ4v) is 6.95. The first-order chi connectivity index (χ1) is 23.8. The lowest BCUT2D eigenvalue weighted by Crippen LogP contribution is -2.27. The Kier molecular flexibility index (Phi) is 17.6. The third-order valence-corrected chi connectivity index (χ3v) is 9.80. The highest BCUT2D eigenvalue weighted by Crippen LogP contribution is 2.34. The number of carbonyl (C=O) groups excluding carboxylic acids is 4. The Hall–Kier alpha value is -3.48. The van der Waals surface area contributed by atoms with Gasteiger partial charge in [-0.3, -0.25) is 0 Å². The monoisotopic (exact) mass is 676 g/mol. The summed E-state index contributed by atoms with van der Waals surface area (Å²) in [6.45, 7) is 8.43. The minimum atomic E-state index is -1.04. The molecule has 2 aromatic rings. The average Bonchev–Trinajstić information content (AvgIpc) is 3.08. The number of cyclic esters (lactones) is 4. The Bertz CT molecular complexity index is 1410. The standard InChI is InChI=1S/C42H60O7/c1-5-9-13-15-17-19-21-23-30-27-28-34-37(31(30)26-22-20-18-16-14-10-6-2)41(46)49-40(45)35-29-36(43)32(24-11-7-3)33(25-12-8-4)38(35)42(47)48-39(34)44/h27-29,43H,5-26H2,1-4H3. The van der Waals surface area contributed by atoms with Crippen molar-refractivity contribution < 1.29 is 33.8 Å². The molecule has 1 heterocycles. The number of aryl methyl sites for hydroxylation is 1. The number of ether oxygens (including phenoxy) is 2. The molecular weight excluding hydrogens is 616 g/mol. The molecule has 49 heavy (non-hydrogen) atoms. The van der Waals surface area contributed by atoms with E-state index in [1.54, 1.807) is 6.07 Å². The first kappa shape index (κ1) is 40.0. The van der Waals surface area contributed by atoms with Gasteiger partial charge in [0.2, 0.25) is 0 Å². The van der Waals surface area contributed by atoms with Crippen LogP contribution in [-0.2, 0) is 35.2 Å². The van der Waals surface area contributed by atoms with Crippen LogP contribution in [0.5, 0.6) is 5.75 Å². The Morgan fingerprint density at radius 3 is 1.43 bits per heavy atom. The zero-order chi connectivity index (χ0) is 35.6. The number of carbonyl (C=O) groups is 4. The summed E-state index contributed by atoms with van der Waals surface area (Å²) >= 11 is 0. The van der Waals surface area contributed by atoms with Crippen molar-refractivity contribution in [2.75, 3.05) is 0 Å². The number of esters is 4. The van der Waals surface area contributed by atoms with E-state index in [-0.39, 0.29) is 28.0 Å². The van der Waals surface area contributed by atoms with Gasteiger partial charge >= 0.3 is 23.9 Å².